The third-order valence-electron chi connectivity index (χ3n) is 5.77. The lowest BCUT2D eigenvalue weighted by molar-refractivity contribution is 0.0814. The molecular weight excluding hydrogens is 476 g/mol. The summed E-state index contributed by atoms with van der Waals surface area (Å²) in [5.74, 6) is -0.259. The number of nitrogens with one attached hydrogen (secondary N) is 1. The highest BCUT2D eigenvalue weighted by molar-refractivity contribution is 5.89. The van der Waals surface area contributed by atoms with Gasteiger partial charge in [0.05, 0.1) is 34.0 Å². The van der Waals surface area contributed by atoms with Crippen LogP contribution in [0.3, 0.4) is 0 Å². The Bertz CT molecular complexity index is 1190. The van der Waals surface area contributed by atoms with E-state index in [-0.39, 0.29) is 18.3 Å². The van der Waals surface area contributed by atoms with Gasteiger partial charge in [-0.3, -0.25) is 0 Å². The number of methoxy groups -OCH3 is 3. The van der Waals surface area contributed by atoms with Crippen molar-refractivity contribution in [3.63, 3.8) is 0 Å². The van der Waals surface area contributed by atoms with Crippen molar-refractivity contribution >= 4 is 11.7 Å². The predicted octanol–water partition coefficient (Wildman–Crippen LogP) is 4.86. The zero-order chi connectivity index (χ0) is 25.7. The lowest BCUT2D eigenvalue weighted by Crippen LogP contribution is -2.39. The second-order valence-corrected chi connectivity index (χ2v) is 8.17. The minimum absolute atomic E-state index is 0.100. The van der Waals surface area contributed by atoms with Gasteiger partial charge in [-0.25, -0.2) is 13.6 Å². The van der Waals surface area contributed by atoms with Gasteiger partial charge in [-0.05, 0) is 37.1 Å². The number of benzene rings is 2. The Morgan fingerprint density at radius 3 is 2.44 bits per heavy atom. The third-order valence-corrected chi connectivity index (χ3v) is 5.77. The first-order valence-corrected chi connectivity index (χ1v) is 11.3. The number of ether oxygens (including phenoxy) is 4. The number of rotatable bonds is 9. The molecule has 192 valence electrons. The Hall–Kier alpha value is -3.86. The number of hydrogen-bond donors (Lipinski definition) is 1. The first-order chi connectivity index (χ1) is 17.4. The van der Waals surface area contributed by atoms with E-state index >= 15 is 0 Å². The summed E-state index contributed by atoms with van der Waals surface area (Å²) in [6.45, 7) is 1.02. The van der Waals surface area contributed by atoms with E-state index in [0.717, 1.165) is 25.0 Å². The molecule has 0 spiro atoms. The normalized spacial score (nSPS) is 15.0. The maximum absolute atomic E-state index is 13.6. The molecule has 0 saturated carbocycles. The second-order valence-electron chi connectivity index (χ2n) is 8.17. The first-order valence-electron chi connectivity index (χ1n) is 11.3. The molecule has 0 radical (unpaired) electrons. The first kappa shape index (κ1) is 25.2. The van der Waals surface area contributed by atoms with E-state index in [4.69, 9.17) is 23.5 Å². The average molecular weight is 504 g/mol. The van der Waals surface area contributed by atoms with Crippen molar-refractivity contribution in [2.75, 3.05) is 39.8 Å². The van der Waals surface area contributed by atoms with Crippen molar-refractivity contribution in [3.05, 3.63) is 53.7 Å². The van der Waals surface area contributed by atoms with Crippen molar-refractivity contribution in [2.45, 2.75) is 25.5 Å². The number of hydrogen-bond acceptors (Lipinski definition) is 7. The summed E-state index contributed by atoms with van der Waals surface area (Å²) in [6.07, 6.45) is 1.57. The van der Waals surface area contributed by atoms with Gasteiger partial charge in [0.25, 0.3) is 0 Å². The Balaban J connectivity index is 1.55. The smallest absolute Gasteiger partial charge is 0.322 e. The molecule has 1 N–H and O–H groups in total. The number of amides is 2. The molecule has 0 aliphatic carbocycles. The number of aromatic nitrogens is 1. The molecule has 0 unspecified atom stereocenters. The Labute approximate surface area is 206 Å². The highest BCUT2D eigenvalue weighted by atomic mass is 19.2. The molecule has 1 aliphatic heterocycles. The summed E-state index contributed by atoms with van der Waals surface area (Å²) >= 11 is 0. The van der Waals surface area contributed by atoms with Crippen LogP contribution < -0.4 is 19.5 Å². The van der Waals surface area contributed by atoms with Crippen molar-refractivity contribution in [1.82, 2.24) is 10.1 Å². The standard InChI is InChI=1S/C25H27F2N3O6/c1-32-22-9-15(10-23(33-2)24(22)34-3)21-12-17(29-36-21)13-30(14-18-5-4-8-35-18)25(31)28-16-6-7-19(26)20(27)11-16/h6-7,9-12,18H,4-5,8,13-14H2,1-3H3,(H,28,31)/t18-/m1/s1. The lowest BCUT2D eigenvalue weighted by Gasteiger charge is -2.25. The molecule has 9 nitrogen and oxygen atoms in total. The molecular formula is C25H27F2N3O6. The maximum Gasteiger partial charge on any atom is 0.322 e. The van der Waals surface area contributed by atoms with Crippen LogP contribution >= 0.6 is 0 Å². The van der Waals surface area contributed by atoms with E-state index in [1.165, 1.54) is 32.3 Å². The van der Waals surface area contributed by atoms with Gasteiger partial charge in [-0.15, -0.1) is 0 Å². The van der Waals surface area contributed by atoms with Crippen LogP contribution in [0.4, 0.5) is 19.3 Å². The van der Waals surface area contributed by atoms with E-state index in [9.17, 15) is 13.6 Å². The molecule has 0 bridgehead atoms. The number of carbonyl (C=O) groups excluding carboxylic acids is 1. The summed E-state index contributed by atoms with van der Waals surface area (Å²) < 4.78 is 54.3. The SMILES string of the molecule is COc1cc(-c2cc(CN(C[C@H]3CCCO3)C(=O)Nc3ccc(F)c(F)c3)no2)cc(OC)c1OC. The highest BCUT2D eigenvalue weighted by Gasteiger charge is 2.25. The van der Waals surface area contributed by atoms with Crippen molar-refractivity contribution < 1.29 is 37.0 Å². The monoisotopic (exact) mass is 503 g/mol. The summed E-state index contributed by atoms with van der Waals surface area (Å²) in [5.41, 5.74) is 1.26. The van der Waals surface area contributed by atoms with Crippen LogP contribution in [-0.4, -0.2) is 56.7 Å². The predicted molar refractivity (Wildman–Crippen MR) is 126 cm³/mol. The Kier molecular flexibility index (Phi) is 7.89. The van der Waals surface area contributed by atoms with E-state index in [0.29, 0.717) is 47.4 Å². The molecule has 1 fully saturated rings. The largest absolute Gasteiger partial charge is 0.493 e. The highest BCUT2D eigenvalue weighted by Crippen LogP contribution is 2.41. The van der Waals surface area contributed by atoms with Crippen LogP contribution in [0.2, 0.25) is 0 Å². The van der Waals surface area contributed by atoms with Crippen LogP contribution in [0, 0.1) is 11.6 Å². The van der Waals surface area contributed by atoms with Crippen LogP contribution in [0.1, 0.15) is 18.5 Å². The molecule has 4 rings (SSSR count). The average Bonchev–Trinajstić information content (AvgIpc) is 3.57. The van der Waals surface area contributed by atoms with Gasteiger partial charge in [0.1, 0.15) is 5.69 Å². The molecule has 3 aromatic rings. The van der Waals surface area contributed by atoms with Gasteiger partial charge in [0, 0.05) is 36.5 Å². The van der Waals surface area contributed by atoms with Crippen LogP contribution in [-0.2, 0) is 11.3 Å². The molecule has 2 amide bonds. The van der Waals surface area contributed by atoms with Crippen molar-refractivity contribution in [1.29, 1.82) is 0 Å². The van der Waals surface area contributed by atoms with Crippen LogP contribution in [0.25, 0.3) is 11.3 Å². The van der Waals surface area contributed by atoms with Crippen molar-refractivity contribution in [3.8, 4) is 28.6 Å². The fraction of sp³-hybridized carbons (Fsp3) is 0.360. The zero-order valence-corrected chi connectivity index (χ0v) is 20.2. The minimum Gasteiger partial charge on any atom is -0.493 e. The number of urea groups is 1. The van der Waals surface area contributed by atoms with Crippen LogP contribution in [0.15, 0.2) is 40.9 Å². The molecule has 11 heteroatoms. The summed E-state index contributed by atoms with van der Waals surface area (Å²) in [6, 6.07) is 7.82. The molecule has 2 aromatic carbocycles. The Morgan fingerprint density at radius 2 is 1.83 bits per heavy atom. The van der Waals surface area contributed by atoms with Gasteiger partial charge < -0.3 is 33.7 Å². The quantitative estimate of drug-likeness (QED) is 0.446. The minimum atomic E-state index is -1.05. The van der Waals surface area contributed by atoms with Crippen molar-refractivity contribution in [2.24, 2.45) is 0 Å². The van der Waals surface area contributed by atoms with Gasteiger partial charge in [0.2, 0.25) is 5.75 Å². The topological polar surface area (TPSA) is 95.3 Å². The maximum atomic E-state index is 13.6. The third kappa shape index (κ3) is 5.68. The van der Waals surface area contributed by atoms with Gasteiger partial charge in [-0.2, -0.15) is 0 Å². The number of halogens is 2. The van der Waals surface area contributed by atoms with E-state index in [1.54, 1.807) is 18.2 Å². The van der Waals surface area contributed by atoms with Gasteiger partial charge in [-0.1, -0.05) is 5.16 Å². The molecule has 36 heavy (non-hydrogen) atoms. The summed E-state index contributed by atoms with van der Waals surface area (Å²) in [5, 5.41) is 6.72. The number of carbonyl (C=O) groups is 1. The van der Waals surface area contributed by atoms with Gasteiger partial charge >= 0.3 is 6.03 Å². The van der Waals surface area contributed by atoms with E-state index in [1.807, 2.05) is 0 Å². The molecule has 1 saturated heterocycles. The number of nitrogens with zero attached hydrogens (tertiary/aromatic N) is 2. The van der Waals surface area contributed by atoms with E-state index < -0.39 is 17.7 Å². The lowest BCUT2D eigenvalue weighted by atomic mass is 10.1. The Morgan fingerprint density at radius 1 is 1.08 bits per heavy atom. The fourth-order valence-electron chi connectivity index (χ4n) is 3.97. The van der Waals surface area contributed by atoms with E-state index in [2.05, 4.69) is 10.5 Å². The molecule has 1 atom stereocenters. The zero-order valence-electron chi connectivity index (χ0n) is 20.2. The molecule has 2 heterocycles. The number of anilines is 1. The van der Waals surface area contributed by atoms with Crippen LogP contribution in [0.5, 0.6) is 17.2 Å². The second kappa shape index (κ2) is 11.3. The molecule has 1 aromatic heterocycles. The molecule has 1 aliphatic rings. The van der Waals surface area contributed by atoms with Gasteiger partial charge in [0.15, 0.2) is 28.9 Å². The summed E-state index contributed by atoms with van der Waals surface area (Å²) in [4.78, 5) is 14.5. The summed E-state index contributed by atoms with van der Waals surface area (Å²) in [7, 11) is 4.55. The fourth-order valence-corrected chi connectivity index (χ4v) is 3.97.